The second-order valence-electron chi connectivity index (χ2n) is 6.27. The largest absolute Gasteiger partial charge is 0.355 e. The van der Waals surface area contributed by atoms with E-state index in [0.717, 1.165) is 26.2 Å². The van der Waals surface area contributed by atoms with Gasteiger partial charge in [-0.3, -0.25) is 14.4 Å². The zero-order chi connectivity index (χ0) is 17.1. The van der Waals surface area contributed by atoms with Gasteiger partial charge >= 0.3 is 0 Å². The molecule has 128 valence electrons. The van der Waals surface area contributed by atoms with Gasteiger partial charge in [0, 0.05) is 63.1 Å². The SMILES string of the molecule is CNC(=O)c1cccc(C2CNCCN2Cc2cnn(C)c2C)c1. The lowest BCUT2D eigenvalue weighted by atomic mass is 10.00. The Morgan fingerprint density at radius 2 is 2.29 bits per heavy atom. The Bertz CT molecular complexity index is 724. The summed E-state index contributed by atoms with van der Waals surface area (Å²) in [5, 5.41) is 10.5. The molecule has 0 bridgehead atoms. The van der Waals surface area contributed by atoms with Gasteiger partial charge in [0.15, 0.2) is 0 Å². The quantitative estimate of drug-likeness (QED) is 0.887. The Labute approximate surface area is 142 Å². The molecule has 2 N–H and O–H groups in total. The van der Waals surface area contributed by atoms with Gasteiger partial charge in [-0.15, -0.1) is 0 Å². The summed E-state index contributed by atoms with van der Waals surface area (Å²) in [5.41, 5.74) is 4.33. The molecule has 6 nitrogen and oxygen atoms in total. The van der Waals surface area contributed by atoms with Gasteiger partial charge in [0.25, 0.3) is 5.91 Å². The van der Waals surface area contributed by atoms with Gasteiger partial charge < -0.3 is 10.6 Å². The van der Waals surface area contributed by atoms with Crippen LogP contribution in [0.15, 0.2) is 30.5 Å². The number of nitrogens with one attached hydrogen (secondary N) is 2. The fourth-order valence-electron chi connectivity index (χ4n) is 3.21. The van der Waals surface area contributed by atoms with E-state index < -0.39 is 0 Å². The van der Waals surface area contributed by atoms with E-state index in [1.54, 1.807) is 7.05 Å². The molecule has 0 spiro atoms. The van der Waals surface area contributed by atoms with Crippen molar-refractivity contribution in [3.05, 3.63) is 52.8 Å². The third-order valence-corrected chi connectivity index (χ3v) is 4.83. The minimum atomic E-state index is -0.0460. The van der Waals surface area contributed by atoms with Crippen molar-refractivity contribution in [3.63, 3.8) is 0 Å². The number of carbonyl (C=O) groups excluding carboxylic acids is 1. The summed E-state index contributed by atoms with van der Waals surface area (Å²) in [5.74, 6) is -0.0460. The molecule has 6 heteroatoms. The summed E-state index contributed by atoms with van der Waals surface area (Å²) in [6.45, 7) is 5.81. The van der Waals surface area contributed by atoms with E-state index in [-0.39, 0.29) is 11.9 Å². The monoisotopic (exact) mass is 327 g/mol. The second-order valence-corrected chi connectivity index (χ2v) is 6.27. The van der Waals surface area contributed by atoms with Gasteiger partial charge in [0.05, 0.1) is 6.20 Å². The highest BCUT2D eigenvalue weighted by atomic mass is 16.1. The molecule has 1 aliphatic rings. The van der Waals surface area contributed by atoms with Crippen molar-refractivity contribution in [2.45, 2.75) is 19.5 Å². The van der Waals surface area contributed by atoms with E-state index in [1.165, 1.54) is 16.8 Å². The van der Waals surface area contributed by atoms with E-state index in [2.05, 4.69) is 33.6 Å². The molecule has 0 radical (unpaired) electrons. The van der Waals surface area contributed by atoms with Gasteiger partial charge in [-0.2, -0.15) is 5.10 Å². The maximum Gasteiger partial charge on any atom is 0.251 e. The Kier molecular flexibility index (Phi) is 4.97. The van der Waals surface area contributed by atoms with Crippen molar-refractivity contribution in [2.75, 3.05) is 26.7 Å². The number of piperazine rings is 1. The highest BCUT2D eigenvalue weighted by Gasteiger charge is 2.25. The van der Waals surface area contributed by atoms with Crippen LogP contribution in [0.2, 0.25) is 0 Å². The van der Waals surface area contributed by atoms with Gasteiger partial charge in [-0.1, -0.05) is 12.1 Å². The fourth-order valence-corrected chi connectivity index (χ4v) is 3.21. The van der Waals surface area contributed by atoms with Crippen LogP contribution in [-0.2, 0) is 13.6 Å². The molecule has 1 fully saturated rings. The van der Waals surface area contributed by atoms with Crippen LogP contribution in [0.4, 0.5) is 0 Å². The van der Waals surface area contributed by atoms with Crippen LogP contribution in [0.1, 0.15) is 33.2 Å². The Hall–Kier alpha value is -2.18. The molecule has 1 aromatic heterocycles. The first-order chi connectivity index (χ1) is 11.6. The molecule has 1 amide bonds. The van der Waals surface area contributed by atoms with Crippen molar-refractivity contribution >= 4 is 5.91 Å². The van der Waals surface area contributed by atoms with Crippen molar-refractivity contribution < 1.29 is 4.79 Å². The lowest BCUT2D eigenvalue weighted by Crippen LogP contribution is -2.45. The zero-order valence-electron chi connectivity index (χ0n) is 14.5. The van der Waals surface area contributed by atoms with Gasteiger partial charge in [0.1, 0.15) is 0 Å². The van der Waals surface area contributed by atoms with Crippen LogP contribution in [0.3, 0.4) is 0 Å². The molecule has 1 aromatic carbocycles. The highest BCUT2D eigenvalue weighted by Crippen LogP contribution is 2.25. The average molecular weight is 327 g/mol. The van der Waals surface area contributed by atoms with E-state index in [4.69, 9.17) is 0 Å². The topological polar surface area (TPSA) is 62.2 Å². The molecule has 2 aromatic rings. The summed E-state index contributed by atoms with van der Waals surface area (Å²) in [6, 6.07) is 8.17. The number of aromatic nitrogens is 2. The number of hydrogen-bond acceptors (Lipinski definition) is 4. The molecule has 1 saturated heterocycles. The molecule has 2 heterocycles. The number of carbonyl (C=O) groups is 1. The van der Waals surface area contributed by atoms with E-state index in [0.29, 0.717) is 5.56 Å². The Balaban J connectivity index is 1.84. The minimum absolute atomic E-state index is 0.0460. The molecule has 0 saturated carbocycles. The smallest absolute Gasteiger partial charge is 0.251 e. The molecular formula is C18H25N5O. The third kappa shape index (κ3) is 3.34. The van der Waals surface area contributed by atoms with Gasteiger partial charge in [-0.05, 0) is 24.6 Å². The van der Waals surface area contributed by atoms with Gasteiger partial charge in [-0.25, -0.2) is 0 Å². The Morgan fingerprint density at radius 1 is 1.46 bits per heavy atom. The number of hydrogen-bond donors (Lipinski definition) is 2. The van der Waals surface area contributed by atoms with E-state index in [9.17, 15) is 4.79 Å². The molecule has 0 aliphatic carbocycles. The zero-order valence-corrected chi connectivity index (χ0v) is 14.5. The predicted octanol–water partition coefficient (Wildman–Crippen LogP) is 1.23. The summed E-state index contributed by atoms with van der Waals surface area (Å²) in [4.78, 5) is 14.4. The maximum atomic E-state index is 11.9. The van der Waals surface area contributed by atoms with Crippen LogP contribution in [0, 0.1) is 6.92 Å². The van der Waals surface area contributed by atoms with Crippen molar-refractivity contribution in [2.24, 2.45) is 7.05 Å². The first-order valence-electron chi connectivity index (χ1n) is 8.34. The first kappa shape index (κ1) is 16.7. The Morgan fingerprint density at radius 3 is 3.00 bits per heavy atom. The summed E-state index contributed by atoms with van der Waals surface area (Å²) < 4.78 is 1.92. The van der Waals surface area contributed by atoms with E-state index >= 15 is 0 Å². The molecule has 1 atom stereocenters. The fraction of sp³-hybridized carbons (Fsp3) is 0.444. The van der Waals surface area contributed by atoms with Crippen LogP contribution in [-0.4, -0.2) is 47.3 Å². The molecule has 3 rings (SSSR count). The number of rotatable bonds is 4. The lowest BCUT2D eigenvalue weighted by Gasteiger charge is -2.36. The maximum absolute atomic E-state index is 11.9. The normalized spacial score (nSPS) is 18.5. The summed E-state index contributed by atoms with van der Waals surface area (Å²) in [7, 11) is 3.63. The van der Waals surface area contributed by atoms with Gasteiger partial charge in [0.2, 0.25) is 0 Å². The average Bonchev–Trinajstić information content (AvgIpc) is 2.93. The third-order valence-electron chi connectivity index (χ3n) is 4.83. The van der Waals surface area contributed by atoms with Crippen LogP contribution < -0.4 is 10.6 Å². The van der Waals surface area contributed by atoms with Crippen molar-refractivity contribution in [1.82, 2.24) is 25.3 Å². The molecule has 1 unspecified atom stereocenters. The van der Waals surface area contributed by atoms with E-state index in [1.807, 2.05) is 36.1 Å². The number of benzene rings is 1. The van der Waals surface area contributed by atoms with Crippen LogP contribution in [0.25, 0.3) is 0 Å². The lowest BCUT2D eigenvalue weighted by molar-refractivity contribution is 0.0962. The first-order valence-corrected chi connectivity index (χ1v) is 8.34. The second kappa shape index (κ2) is 7.15. The number of nitrogens with zero attached hydrogens (tertiary/aromatic N) is 3. The van der Waals surface area contributed by atoms with Crippen LogP contribution >= 0.6 is 0 Å². The standard InChI is InChI=1S/C18H25N5O/c1-13-16(10-21-22(13)3)12-23-8-7-20-11-17(23)14-5-4-6-15(9-14)18(24)19-2/h4-6,9-10,17,20H,7-8,11-12H2,1-3H3,(H,19,24). The molecular weight excluding hydrogens is 302 g/mol. The van der Waals surface area contributed by atoms with Crippen molar-refractivity contribution in [3.8, 4) is 0 Å². The number of amides is 1. The highest BCUT2D eigenvalue weighted by molar-refractivity contribution is 5.94. The summed E-state index contributed by atoms with van der Waals surface area (Å²) >= 11 is 0. The minimum Gasteiger partial charge on any atom is -0.355 e. The number of aryl methyl sites for hydroxylation is 1. The summed E-state index contributed by atoms with van der Waals surface area (Å²) in [6.07, 6.45) is 1.95. The molecule has 24 heavy (non-hydrogen) atoms. The van der Waals surface area contributed by atoms with Crippen molar-refractivity contribution in [1.29, 1.82) is 0 Å². The molecule has 1 aliphatic heterocycles. The predicted molar refractivity (Wildman–Crippen MR) is 93.8 cm³/mol. The van der Waals surface area contributed by atoms with Crippen LogP contribution in [0.5, 0.6) is 0 Å².